The topological polar surface area (TPSA) is 70.6 Å². The van der Waals surface area contributed by atoms with E-state index in [1.54, 1.807) is 29.2 Å². The number of halogens is 2. The summed E-state index contributed by atoms with van der Waals surface area (Å²) >= 11 is 8.56. The first-order chi connectivity index (χ1) is 13.7. The van der Waals surface area contributed by atoms with Crippen LogP contribution in [0.2, 0.25) is 4.34 Å². The standard InChI is InChI=1S/C19H22ClN3O3S3.ClH/c1-4-22(5-2)11-12-23(18(24)14-9-10-16(20)27-14)19-21-17-13(28-19)7-6-8-15(17)29(3,25)26;/h6-10H,4-5,11-12H2,1-3H3;1H. The third-order valence-corrected chi connectivity index (χ3v) is 7.96. The normalized spacial score (nSPS) is 11.6. The summed E-state index contributed by atoms with van der Waals surface area (Å²) in [7, 11) is -3.43. The summed E-state index contributed by atoms with van der Waals surface area (Å²) in [5.41, 5.74) is 0.403. The zero-order valence-corrected chi connectivity index (χ0v) is 20.8. The second-order valence-corrected chi connectivity index (χ2v) is 11.2. The summed E-state index contributed by atoms with van der Waals surface area (Å²) in [4.78, 5) is 22.3. The van der Waals surface area contributed by atoms with E-state index in [0.29, 0.717) is 33.0 Å². The Hall–Kier alpha value is -1.23. The lowest BCUT2D eigenvalue weighted by Gasteiger charge is -2.24. The lowest BCUT2D eigenvalue weighted by Crippen LogP contribution is -2.38. The van der Waals surface area contributed by atoms with Gasteiger partial charge >= 0.3 is 0 Å². The van der Waals surface area contributed by atoms with E-state index < -0.39 is 9.84 Å². The Morgan fingerprint density at radius 3 is 2.37 bits per heavy atom. The predicted molar refractivity (Wildman–Crippen MR) is 129 cm³/mol. The Kier molecular flexibility index (Phi) is 8.67. The van der Waals surface area contributed by atoms with E-state index in [1.165, 1.54) is 22.7 Å². The Labute approximate surface area is 195 Å². The van der Waals surface area contributed by atoms with Crippen LogP contribution in [0.3, 0.4) is 0 Å². The van der Waals surface area contributed by atoms with Gasteiger partial charge in [-0.05, 0) is 37.4 Å². The maximum atomic E-state index is 13.2. The van der Waals surface area contributed by atoms with Crippen LogP contribution in [0.15, 0.2) is 35.2 Å². The van der Waals surface area contributed by atoms with E-state index in [-0.39, 0.29) is 23.2 Å². The lowest BCUT2D eigenvalue weighted by molar-refractivity contribution is 0.0987. The molecule has 0 saturated carbocycles. The second kappa shape index (κ2) is 10.4. The maximum Gasteiger partial charge on any atom is 0.270 e. The molecule has 164 valence electrons. The third-order valence-electron chi connectivity index (χ3n) is 4.56. The lowest BCUT2D eigenvalue weighted by atomic mass is 10.3. The van der Waals surface area contributed by atoms with E-state index in [0.717, 1.165) is 24.0 Å². The number of rotatable bonds is 8. The second-order valence-electron chi connectivity index (χ2n) is 6.46. The molecule has 0 unspecified atom stereocenters. The Balaban J connectivity index is 0.00000320. The molecule has 0 radical (unpaired) electrons. The van der Waals surface area contributed by atoms with Gasteiger partial charge in [-0.2, -0.15) is 0 Å². The van der Waals surface area contributed by atoms with E-state index >= 15 is 0 Å². The summed E-state index contributed by atoms with van der Waals surface area (Å²) in [6, 6.07) is 8.46. The number of fused-ring (bicyclic) bond motifs is 1. The summed E-state index contributed by atoms with van der Waals surface area (Å²) in [6.45, 7) is 7.04. The van der Waals surface area contributed by atoms with E-state index in [9.17, 15) is 13.2 Å². The molecule has 0 aliphatic carbocycles. The molecular formula is C19H23Cl2N3O3S3. The third kappa shape index (κ3) is 5.52. The number of aromatic nitrogens is 1. The van der Waals surface area contributed by atoms with Crippen LogP contribution in [0, 0.1) is 0 Å². The molecule has 6 nitrogen and oxygen atoms in total. The number of sulfone groups is 1. The Morgan fingerprint density at radius 1 is 1.10 bits per heavy atom. The number of thiazole rings is 1. The number of likely N-dealkylation sites (N-methyl/N-ethyl adjacent to an activating group) is 1. The van der Waals surface area contributed by atoms with E-state index in [2.05, 4.69) is 23.7 Å². The molecule has 0 fully saturated rings. The van der Waals surface area contributed by atoms with Gasteiger partial charge < -0.3 is 4.90 Å². The highest BCUT2D eigenvalue weighted by Gasteiger charge is 2.25. The van der Waals surface area contributed by atoms with Crippen molar-refractivity contribution in [3.8, 4) is 0 Å². The molecule has 0 N–H and O–H groups in total. The molecule has 1 aromatic carbocycles. The molecule has 30 heavy (non-hydrogen) atoms. The molecule has 11 heteroatoms. The summed E-state index contributed by atoms with van der Waals surface area (Å²) < 4.78 is 25.6. The number of nitrogens with zero attached hydrogens (tertiary/aromatic N) is 3. The maximum absolute atomic E-state index is 13.2. The van der Waals surface area contributed by atoms with Gasteiger partial charge in [0.15, 0.2) is 15.0 Å². The van der Waals surface area contributed by atoms with Crippen LogP contribution in [0.1, 0.15) is 23.5 Å². The van der Waals surface area contributed by atoms with Gasteiger partial charge in [-0.1, -0.05) is 42.9 Å². The van der Waals surface area contributed by atoms with Crippen molar-refractivity contribution in [1.82, 2.24) is 9.88 Å². The fourth-order valence-electron chi connectivity index (χ4n) is 2.95. The highest BCUT2D eigenvalue weighted by Crippen LogP contribution is 2.34. The van der Waals surface area contributed by atoms with Gasteiger partial charge in [-0.3, -0.25) is 9.69 Å². The Bertz CT molecular complexity index is 1120. The fourth-order valence-corrected chi connectivity index (χ4v) is 5.86. The molecule has 3 rings (SSSR count). The van der Waals surface area contributed by atoms with Crippen molar-refractivity contribution in [1.29, 1.82) is 0 Å². The van der Waals surface area contributed by atoms with Gasteiger partial charge in [0.05, 0.1) is 18.8 Å². The predicted octanol–water partition coefficient (Wildman–Crippen LogP) is 4.83. The number of hydrogen-bond donors (Lipinski definition) is 0. The molecular weight excluding hydrogens is 485 g/mol. The number of carbonyl (C=O) groups excluding carboxylic acids is 1. The minimum atomic E-state index is -3.43. The number of hydrogen-bond acceptors (Lipinski definition) is 7. The summed E-state index contributed by atoms with van der Waals surface area (Å²) in [5, 5.41) is 0.484. The van der Waals surface area contributed by atoms with Crippen molar-refractivity contribution in [3.63, 3.8) is 0 Å². The van der Waals surface area contributed by atoms with Crippen LogP contribution in [0.4, 0.5) is 5.13 Å². The van der Waals surface area contributed by atoms with Crippen LogP contribution in [-0.4, -0.2) is 56.6 Å². The minimum Gasteiger partial charge on any atom is -0.302 e. The summed E-state index contributed by atoms with van der Waals surface area (Å²) in [6.07, 6.45) is 1.16. The van der Waals surface area contributed by atoms with Crippen LogP contribution >= 0.6 is 46.7 Å². The minimum absolute atomic E-state index is 0. The Morgan fingerprint density at radius 2 is 1.80 bits per heavy atom. The van der Waals surface area contributed by atoms with Crippen LogP contribution in [-0.2, 0) is 9.84 Å². The first-order valence-corrected chi connectivity index (χ1v) is 13.0. The van der Waals surface area contributed by atoms with Gasteiger partial charge in [-0.25, -0.2) is 13.4 Å². The van der Waals surface area contributed by atoms with Crippen molar-refractivity contribution < 1.29 is 13.2 Å². The zero-order chi connectivity index (χ0) is 21.2. The van der Waals surface area contributed by atoms with E-state index in [1.807, 2.05) is 6.07 Å². The average Bonchev–Trinajstić information content (AvgIpc) is 3.29. The quantitative estimate of drug-likeness (QED) is 0.436. The van der Waals surface area contributed by atoms with Crippen LogP contribution < -0.4 is 4.90 Å². The molecule has 2 heterocycles. The molecule has 0 saturated heterocycles. The molecule has 0 aliphatic rings. The highest BCUT2D eigenvalue weighted by atomic mass is 35.5. The van der Waals surface area contributed by atoms with Gasteiger partial charge in [-0.15, -0.1) is 23.7 Å². The number of thiophene rings is 1. The molecule has 2 aromatic heterocycles. The molecule has 0 bridgehead atoms. The van der Waals surface area contributed by atoms with Crippen molar-refractivity contribution >= 4 is 77.8 Å². The van der Waals surface area contributed by atoms with Crippen molar-refractivity contribution in [2.45, 2.75) is 18.7 Å². The number of amides is 1. The van der Waals surface area contributed by atoms with Gasteiger partial charge in [0.1, 0.15) is 5.52 Å². The average molecular weight is 509 g/mol. The number of carbonyl (C=O) groups is 1. The molecule has 0 atom stereocenters. The smallest absolute Gasteiger partial charge is 0.270 e. The van der Waals surface area contributed by atoms with Crippen LogP contribution in [0.5, 0.6) is 0 Å². The number of benzene rings is 1. The number of anilines is 1. The van der Waals surface area contributed by atoms with E-state index in [4.69, 9.17) is 11.6 Å². The van der Waals surface area contributed by atoms with Crippen molar-refractivity contribution in [2.75, 3.05) is 37.3 Å². The highest BCUT2D eigenvalue weighted by molar-refractivity contribution is 7.91. The SMILES string of the molecule is CCN(CC)CCN(C(=O)c1ccc(Cl)s1)c1nc2c(S(C)(=O)=O)cccc2s1.Cl. The first-order valence-electron chi connectivity index (χ1n) is 9.13. The van der Waals surface area contributed by atoms with Gasteiger partial charge in [0.25, 0.3) is 5.91 Å². The molecule has 1 amide bonds. The first kappa shape index (κ1) is 25.0. The number of para-hydroxylation sites is 1. The van der Waals surface area contributed by atoms with Gasteiger partial charge in [0.2, 0.25) is 0 Å². The largest absolute Gasteiger partial charge is 0.302 e. The van der Waals surface area contributed by atoms with Gasteiger partial charge in [0, 0.05) is 19.3 Å². The fraction of sp³-hybridized carbons (Fsp3) is 0.368. The van der Waals surface area contributed by atoms with Crippen molar-refractivity contribution in [3.05, 3.63) is 39.5 Å². The monoisotopic (exact) mass is 507 g/mol. The molecule has 0 aliphatic heterocycles. The zero-order valence-electron chi connectivity index (χ0n) is 16.8. The van der Waals surface area contributed by atoms with Crippen LogP contribution in [0.25, 0.3) is 10.2 Å². The molecule has 0 spiro atoms. The summed E-state index contributed by atoms with van der Waals surface area (Å²) in [5.74, 6) is -0.186. The van der Waals surface area contributed by atoms with Crippen molar-refractivity contribution in [2.24, 2.45) is 0 Å². The molecule has 3 aromatic rings.